The van der Waals surface area contributed by atoms with E-state index in [1.165, 1.54) is 16.9 Å². The molecule has 2 N–H and O–H groups in total. The Labute approximate surface area is 244 Å². The van der Waals surface area contributed by atoms with Crippen LogP contribution in [0.5, 0.6) is 11.5 Å². The van der Waals surface area contributed by atoms with Gasteiger partial charge < -0.3 is 34.6 Å². The first-order valence-corrected chi connectivity index (χ1v) is 12.1. The van der Waals surface area contributed by atoms with Crippen LogP contribution in [0.3, 0.4) is 0 Å². The molecule has 4 heterocycles. The van der Waals surface area contributed by atoms with Crippen molar-refractivity contribution in [1.82, 2.24) is 29.0 Å². The topological polar surface area (TPSA) is 153 Å². The Morgan fingerprint density at radius 2 is 1.27 bits per heavy atom. The normalized spacial score (nSPS) is 10.5. The molecular formula is C26H35LiN6O7. The third-order valence-electron chi connectivity index (χ3n) is 5.32. The minimum atomic E-state index is -0.980. The predicted octanol–water partition coefficient (Wildman–Crippen LogP) is -0.748. The molecular weight excluding hydrogens is 515 g/mol. The van der Waals surface area contributed by atoms with Crippen LogP contribution in [-0.2, 0) is 4.74 Å². The van der Waals surface area contributed by atoms with Crippen molar-refractivity contribution in [3.05, 3.63) is 60.2 Å². The van der Waals surface area contributed by atoms with E-state index in [0.29, 0.717) is 42.2 Å². The summed E-state index contributed by atoms with van der Waals surface area (Å²) >= 11 is 0. The Morgan fingerprint density at radius 1 is 0.825 bits per heavy atom. The van der Waals surface area contributed by atoms with Crippen LogP contribution in [0.4, 0.5) is 0 Å². The summed E-state index contributed by atoms with van der Waals surface area (Å²) in [6, 6.07) is 7.08. The molecule has 14 heteroatoms. The van der Waals surface area contributed by atoms with Gasteiger partial charge in [0.05, 0.1) is 42.4 Å². The van der Waals surface area contributed by atoms with E-state index in [2.05, 4.69) is 10.2 Å². The molecule has 0 saturated heterocycles. The molecule has 0 atom stereocenters. The maximum absolute atomic E-state index is 11.7. The Balaban J connectivity index is 0.000000383. The molecule has 0 amide bonds. The standard InChI is InChI=1S/C14H19N3O3.C12H15N3O3.Li.H2O/c1-4-19-14(18)12-9-15-17-10-11(5-6-13(12)17)20-8-7-16(2)3;1-14(2)5-6-18-9-3-4-11-10(12(16)17)7-13-15(11)8-9;;/h5-6,9-10H,4,7-8H2,1-3H3;3-4,7-8H,5-6H2,1-2H3,(H,16,17);;1H2/q;;+1;/p-1. The monoisotopic (exact) mass is 550 g/mol. The first-order valence-electron chi connectivity index (χ1n) is 12.1. The van der Waals surface area contributed by atoms with Gasteiger partial charge in [0, 0.05) is 13.1 Å². The Hall–Kier alpha value is -3.60. The van der Waals surface area contributed by atoms with E-state index in [1.807, 2.05) is 50.1 Å². The summed E-state index contributed by atoms with van der Waals surface area (Å²) in [6.45, 7) is 4.96. The summed E-state index contributed by atoms with van der Waals surface area (Å²) in [7, 11) is 7.93. The fourth-order valence-corrected chi connectivity index (χ4v) is 3.32. The number of nitrogens with zero attached hydrogens (tertiary/aromatic N) is 6. The van der Waals surface area contributed by atoms with Gasteiger partial charge in [-0.15, -0.1) is 0 Å². The second kappa shape index (κ2) is 16.5. The van der Waals surface area contributed by atoms with Gasteiger partial charge >= 0.3 is 30.8 Å². The van der Waals surface area contributed by atoms with E-state index in [1.54, 1.807) is 36.0 Å². The van der Waals surface area contributed by atoms with E-state index in [-0.39, 0.29) is 35.9 Å². The van der Waals surface area contributed by atoms with E-state index < -0.39 is 5.97 Å². The number of carbonyl (C=O) groups is 2. The molecule has 0 saturated carbocycles. The van der Waals surface area contributed by atoms with Crippen LogP contribution in [0.2, 0.25) is 0 Å². The first-order chi connectivity index (χ1) is 18.2. The zero-order valence-electron chi connectivity index (χ0n) is 23.8. The van der Waals surface area contributed by atoms with E-state index in [9.17, 15) is 9.59 Å². The molecule has 4 aromatic heterocycles. The molecule has 0 spiro atoms. The molecule has 13 nitrogen and oxygen atoms in total. The van der Waals surface area contributed by atoms with Gasteiger partial charge in [0.25, 0.3) is 0 Å². The summed E-state index contributed by atoms with van der Waals surface area (Å²) < 4.78 is 19.3. The molecule has 40 heavy (non-hydrogen) atoms. The average molecular weight is 551 g/mol. The number of carbonyl (C=O) groups excluding carboxylic acids is 1. The number of pyridine rings is 2. The van der Waals surface area contributed by atoms with Crippen molar-refractivity contribution in [2.75, 3.05) is 61.1 Å². The quantitative estimate of drug-likeness (QED) is 0.185. The Kier molecular flexibility index (Phi) is 14.2. The second-order valence-corrected chi connectivity index (χ2v) is 8.83. The minimum absolute atomic E-state index is 0. The maximum Gasteiger partial charge on any atom is 1.00 e. The average Bonchev–Trinajstić information content (AvgIpc) is 3.48. The predicted molar refractivity (Wildman–Crippen MR) is 143 cm³/mol. The van der Waals surface area contributed by atoms with Gasteiger partial charge in [-0.05, 0) is 59.4 Å². The molecule has 0 radical (unpaired) electrons. The number of carboxylic acids is 1. The number of rotatable bonds is 11. The molecule has 0 aliphatic carbocycles. The van der Waals surface area contributed by atoms with Crippen molar-refractivity contribution >= 4 is 23.0 Å². The van der Waals surface area contributed by atoms with Crippen LogP contribution in [0.15, 0.2) is 49.1 Å². The van der Waals surface area contributed by atoms with Crippen LogP contribution >= 0.6 is 0 Å². The summed E-state index contributed by atoms with van der Waals surface area (Å²) in [5.74, 6) is 0.0531. The number of esters is 1. The van der Waals surface area contributed by atoms with E-state index >= 15 is 0 Å². The number of fused-ring (bicyclic) bond motifs is 2. The van der Waals surface area contributed by atoms with E-state index in [4.69, 9.17) is 19.3 Å². The maximum atomic E-state index is 11.7. The molecule has 0 aliphatic rings. The van der Waals surface area contributed by atoms with Gasteiger partial charge in [0.1, 0.15) is 35.8 Å². The number of aromatic carboxylic acids is 1. The smallest absolute Gasteiger partial charge is 0.870 e. The van der Waals surface area contributed by atoms with Gasteiger partial charge in [0.2, 0.25) is 0 Å². The van der Waals surface area contributed by atoms with Crippen molar-refractivity contribution in [3.8, 4) is 11.5 Å². The van der Waals surface area contributed by atoms with Crippen LogP contribution in [0.1, 0.15) is 27.6 Å². The molecule has 0 fully saturated rings. The van der Waals surface area contributed by atoms with Crippen molar-refractivity contribution < 1.29 is 53.2 Å². The van der Waals surface area contributed by atoms with Gasteiger partial charge in [-0.1, -0.05) is 0 Å². The summed E-state index contributed by atoms with van der Waals surface area (Å²) in [6.07, 6.45) is 6.28. The number of likely N-dealkylation sites (N-methyl/N-ethyl adjacent to an activating group) is 2. The molecule has 4 aromatic rings. The summed E-state index contributed by atoms with van der Waals surface area (Å²) in [4.78, 5) is 26.7. The van der Waals surface area contributed by atoms with E-state index in [0.717, 1.165) is 18.8 Å². The van der Waals surface area contributed by atoms with Crippen molar-refractivity contribution in [1.29, 1.82) is 0 Å². The van der Waals surface area contributed by atoms with Gasteiger partial charge in [-0.2, -0.15) is 10.2 Å². The molecule has 0 aromatic carbocycles. The van der Waals surface area contributed by atoms with Crippen LogP contribution in [0.25, 0.3) is 11.0 Å². The van der Waals surface area contributed by atoms with Crippen molar-refractivity contribution in [3.63, 3.8) is 0 Å². The number of carboxylic acid groups (broad SMARTS) is 1. The fraction of sp³-hybridized carbons (Fsp3) is 0.385. The SMILES string of the molecule is CCOC(=O)c1cnn2cc(OCCN(C)C)ccc12.CN(C)CCOc1ccc2c(C(=O)O)cnn2c1.[Li+].[OH-]. The molecule has 0 bridgehead atoms. The summed E-state index contributed by atoms with van der Waals surface area (Å²) in [5.41, 5.74) is 1.92. The Bertz CT molecular complexity index is 1370. The van der Waals surface area contributed by atoms with Crippen LogP contribution in [-0.4, -0.2) is 113 Å². The number of hydrogen-bond acceptors (Lipinski definition) is 10. The second-order valence-electron chi connectivity index (χ2n) is 8.83. The van der Waals surface area contributed by atoms with Crippen molar-refractivity contribution in [2.24, 2.45) is 0 Å². The zero-order valence-corrected chi connectivity index (χ0v) is 23.8. The van der Waals surface area contributed by atoms with Crippen LogP contribution in [0, 0.1) is 0 Å². The number of aromatic nitrogens is 4. The minimum Gasteiger partial charge on any atom is -0.870 e. The zero-order chi connectivity index (χ0) is 27.7. The molecule has 4 rings (SSSR count). The third kappa shape index (κ3) is 9.55. The molecule has 0 aliphatic heterocycles. The largest absolute Gasteiger partial charge is 1.00 e. The van der Waals surface area contributed by atoms with Gasteiger partial charge in [0.15, 0.2) is 0 Å². The van der Waals surface area contributed by atoms with Crippen LogP contribution < -0.4 is 28.3 Å². The summed E-state index contributed by atoms with van der Waals surface area (Å²) in [5, 5.41) is 17.1. The number of hydrogen-bond donors (Lipinski definition) is 1. The van der Waals surface area contributed by atoms with Gasteiger partial charge in [-0.3, -0.25) is 0 Å². The Morgan fingerprint density at radius 3 is 1.70 bits per heavy atom. The van der Waals surface area contributed by atoms with Gasteiger partial charge in [-0.25, -0.2) is 18.6 Å². The fourth-order valence-electron chi connectivity index (χ4n) is 3.32. The molecule has 0 unspecified atom stereocenters. The first kappa shape index (κ1) is 34.4. The molecule has 212 valence electrons. The third-order valence-corrected chi connectivity index (χ3v) is 5.32. The number of ether oxygens (including phenoxy) is 3. The van der Waals surface area contributed by atoms with Crippen molar-refractivity contribution in [2.45, 2.75) is 6.92 Å².